The van der Waals surface area contributed by atoms with Gasteiger partial charge in [0, 0.05) is 22.5 Å². The maximum atomic E-state index is 5.95. The van der Waals surface area contributed by atoms with Crippen LogP contribution in [0.2, 0.25) is 5.02 Å². The first-order valence-electron chi connectivity index (χ1n) is 4.06. The molecule has 0 aromatic heterocycles. The average molecular weight is 263 g/mol. The normalized spacial score (nSPS) is 20.7. The minimum atomic E-state index is 0.0503. The summed E-state index contributed by atoms with van der Waals surface area (Å²) < 4.78 is 6.31. The Morgan fingerprint density at radius 3 is 3.08 bits per heavy atom. The van der Waals surface area contributed by atoms with E-state index in [9.17, 15) is 0 Å². The SMILES string of the molecule is NC1CCOc2cc(Br)c(Cl)cc21. The topological polar surface area (TPSA) is 35.2 Å². The summed E-state index contributed by atoms with van der Waals surface area (Å²) in [6.45, 7) is 0.683. The van der Waals surface area contributed by atoms with Gasteiger partial charge in [0.15, 0.2) is 0 Å². The number of rotatable bonds is 0. The van der Waals surface area contributed by atoms with Crippen molar-refractivity contribution in [3.63, 3.8) is 0 Å². The van der Waals surface area contributed by atoms with E-state index in [-0.39, 0.29) is 6.04 Å². The van der Waals surface area contributed by atoms with Crippen LogP contribution < -0.4 is 10.5 Å². The number of benzene rings is 1. The monoisotopic (exact) mass is 261 g/mol. The van der Waals surface area contributed by atoms with Crippen molar-refractivity contribution < 1.29 is 4.74 Å². The number of hydrogen-bond donors (Lipinski definition) is 1. The Morgan fingerprint density at radius 2 is 2.31 bits per heavy atom. The number of nitrogens with two attached hydrogens (primary N) is 1. The molecule has 0 aliphatic carbocycles. The Balaban J connectivity index is 2.52. The van der Waals surface area contributed by atoms with Gasteiger partial charge in [-0.15, -0.1) is 0 Å². The number of ether oxygens (including phenoxy) is 1. The van der Waals surface area contributed by atoms with Gasteiger partial charge in [-0.2, -0.15) is 0 Å². The predicted octanol–water partition coefficient (Wildman–Crippen LogP) is 2.88. The third kappa shape index (κ3) is 1.68. The third-order valence-corrected chi connectivity index (χ3v) is 3.34. The molecule has 2 nitrogen and oxygen atoms in total. The molecule has 0 saturated heterocycles. The van der Waals surface area contributed by atoms with E-state index in [1.807, 2.05) is 12.1 Å². The van der Waals surface area contributed by atoms with Gasteiger partial charge in [0.1, 0.15) is 5.75 Å². The molecule has 70 valence electrons. The molecule has 1 aromatic rings. The van der Waals surface area contributed by atoms with Gasteiger partial charge in [-0.1, -0.05) is 11.6 Å². The van der Waals surface area contributed by atoms with Gasteiger partial charge < -0.3 is 10.5 Å². The molecular formula is C9H9BrClNO. The molecule has 0 saturated carbocycles. The second kappa shape index (κ2) is 3.48. The van der Waals surface area contributed by atoms with Gasteiger partial charge in [-0.3, -0.25) is 0 Å². The van der Waals surface area contributed by atoms with Crippen molar-refractivity contribution in [2.45, 2.75) is 12.5 Å². The van der Waals surface area contributed by atoms with E-state index in [0.29, 0.717) is 11.6 Å². The third-order valence-electron chi connectivity index (χ3n) is 2.14. The van der Waals surface area contributed by atoms with Crippen LogP contribution in [-0.2, 0) is 0 Å². The molecule has 1 heterocycles. The van der Waals surface area contributed by atoms with E-state index in [2.05, 4.69) is 15.9 Å². The Labute approximate surface area is 90.1 Å². The van der Waals surface area contributed by atoms with Crippen LogP contribution in [0.5, 0.6) is 5.75 Å². The average Bonchev–Trinajstić information content (AvgIpc) is 2.09. The van der Waals surface area contributed by atoms with Crippen molar-refractivity contribution >= 4 is 27.5 Å². The Kier molecular flexibility index (Phi) is 2.49. The van der Waals surface area contributed by atoms with Crippen LogP contribution in [0.4, 0.5) is 0 Å². The number of halogens is 2. The first kappa shape index (κ1) is 9.31. The summed E-state index contributed by atoms with van der Waals surface area (Å²) in [5.74, 6) is 0.843. The molecule has 0 spiro atoms. The highest BCUT2D eigenvalue weighted by molar-refractivity contribution is 9.10. The van der Waals surface area contributed by atoms with E-state index < -0.39 is 0 Å². The molecule has 1 aliphatic rings. The molecule has 0 radical (unpaired) electrons. The van der Waals surface area contributed by atoms with Crippen molar-refractivity contribution in [2.24, 2.45) is 5.73 Å². The smallest absolute Gasteiger partial charge is 0.125 e. The van der Waals surface area contributed by atoms with E-state index >= 15 is 0 Å². The van der Waals surface area contributed by atoms with Crippen LogP contribution in [0.3, 0.4) is 0 Å². The van der Waals surface area contributed by atoms with Gasteiger partial charge in [0.25, 0.3) is 0 Å². The quantitative estimate of drug-likeness (QED) is 0.780. The zero-order valence-corrected chi connectivity index (χ0v) is 9.23. The van der Waals surface area contributed by atoms with Crippen LogP contribution in [-0.4, -0.2) is 6.61 Å². The van der Waals surface area contributed by atoms with Crippen LogP contribution in [0.25, 0.3) is 0 Å². The predicted molar refractivity (Wildman–Crippen MR) is 56.2 cm³/mol. The summed E-state index contributed by atoms with van der Waals surface area (Å²) in [5, 5.41) is 0.680. The van der Waals surface area contributed by atoms with E-state index in [1.54, 1.807) is 0 Å². The van der Waals surface area contributed by atoms with E-state index in [1.165, 1.54) is 0 Å². The molecule has 4 heteroatoms. The Morgan fingerprint density at radius 1 is 1.54 bits per heavy atom. The molecule has 0 fully saturated rings. The highest BCUT2D eigenvalue weighted by Crippen LogP contribution is 2.36. The lowest BCUT2D eigenvalue weighted by molar-refractivity contribution is 0.269. The summed E-state index contributed by atoms with van der Waals surface area (Å²) in [5.41, 5.74) is 6.91. The summed E-state index contributed by atoms with van der Waals surface area (Å²) in [6.07, 6.45) is 0.852. The van der Waals surface area contributed by atoms with Crippen LogP contribution >= 0.6 is 27.5 Å². The molecule has 0 bridgehead atoms. The highest BCUT2D eigenvalue weighted by atomic mass is 79.9. The van der Waals surface area contributed by atoms with E-state index in [0.717, 1.165) is 22.2 Å². The van der Waals surface area contributed by atoms with E-state index in [4.69, 9.17) is 22.1 Å². The minimum Gasteiger partial charge on any atom is -0.493 e. The van der Waals surface area contributed by atoms with Gasteiger partial charge in [0.05, 0.1) is 11.6 Å². The Hall–Kier alpha value is -0.250. The molecule has 1 aromatic carbocycles. The first-order valence-corrected chi connectivity index (χ1v) is 5.23. The van der Waals surface area contributed by atoms with Crippen molar-refractivity contribution in [3.8, 4) is 5.75 Å². The highest BCUT2D eigenvalue weighted by Gasteiger charge is 2.19. The zero-order valence-electron chi connectivity index (χ0n) is 6.89. The number of hydrogen-bond acceptors (Lipinski definition) is 2. The molecule has 2 N–H and O–H groups in total. The maximum absolute atomic E-state index is 5.95. The second-order valence-corrected chi connectivity index (χ2v) is 4.31. The zero-order chi connectivity index (χ0) is 9.42. The fraction of sp³-hybridized carbons (Fsp3) is 0.333. The minimum absolute atomic E-state index is 0.0503. The lowest BCUT2D eigenvalue weighted by Gasteiger charge is -2.23. The molecule has 1 atom stereocenters. The summed E-state index contributed by atoms with van der Waals surface area (Å²) in [7, 11) is 0. The Bertz CT molecular complexity index is 343. The molecule has 2 rings (SSSR count). The molecule has 1 aliphatic heterocycles. The lowest BCUT2D eigenvalue weighted by Crippen LogP contribution is -2.20. The van der Waals surface area contributed by atoms with Crippen LogP contribution in [0, 0.1) is 0 Å². The fourth-order valence-electron chi connectivity index (χ4n) is 1.41. The summed E-state index contributed by atoms with van der Waals surface area (Å²) in [4.78, 5) is 0. The lowest BCUT2D eigenvalue weighted by atomic mass is 10.0. The summed E-state index contributed by atoms with van der Waals surface area (Å²) >= 11 is 9.29. The van der Waals surface area contributed by atoms with Gasteiger partial charge >= 0.3 is 0 Å². The fourth-order valence-corrected chi connectivity index (χ4v) is 1.90. The van der Waals surface area contributed by atoms with Gasteiger partial charge in [0.2, 0.25) is 0 Å². The molecule has 0 amide bonds. The molecule has 1 unspecified atom stereocenters. The van der Waals surface area contributed by atoms with Crippen LogP contribution in [0.1, 0.15) is 18.0 Å². The van der Waals surface area contributed by atoms with Crippen molar-refractivity contribution in [2.75, 3.05) is 6.61 Å². The van der Waals surface area contributed by atoms with Gasteiger partial charge in [-0.05, 0) is 28.1 Å². The second-order valence-electron chi connectivity index (χ2n) is 3.05. The van der Waals surface area contributed by atoms with Crippen molar-refractivity contribution in [3.05, 3.63) is 27.2 Å². The van der Waals surface area contributed by atoms with Crippen molar-refractivity contribution in [1.29, 1.82) is 0 Å². The largest absolute Gasteiger partial charge is 0.493 e. The summed E-state index contributed by atoms with van der Waals surface area (Å²) in [6, 6.07) is 3.79. The molecular weight excluding hydrogens is 253 g/mol. The number of fused-ring (bicyclic) bond motifs is 1. The van der Waals surface area contributed by atoms with Gasteiger partial charge in [-0.25, -0.2) is 0 Å². The maximum Gasteiger partial charge on any atom is 0.125 e. The van der Waals surface area contributed by atoms with Crippen molar-refractivity contribution in [1.82, 2.24) is 0 Å². The standard InChI is InChI=1S/C9H9BrClNO/c10-6-4-9-5(3-7(6)11)8(12)1-2-13-9/h3-4,8H,1-2,12H2. The van der Waals surface area contributed by atoms with Crippen LogP contribution in [0.15, 0.2) is 16.6 Å². The first-order chi connectivity index (χ1) is 6.18. The molecule has 13 heavy (non-hydrogen) atoms.